The minimum Gasteiger partial charge on any atom is -0.323 e. The fourth-order valence-corrected chi connectivity index (χ4v) is 4.01. The Kier molecular flexibility index (Phi) is 3.16. The van der Waals surface area contributed by atoms with E-state index in [4.69, 9.17) is 22.3 Å². The van der Waals surface area contributed by atoms with Crippen molar-refractivity contribution in [2.24, 2.45) is 11.1 Å². The van der Waals surface area contributed by atoms with Gasteiger partial charge in [0.1, 0.15) is 5.01 Å². The van der Waals surface area contributed by atoms with E-state index in [1.807, 2.05) is 24.3 Å². The van der Waals surface area contributed by atoms with E-state index in [9.17, 15) is 0 Å². The molecule has 0 aliphatic heterocycles. The first-order chi connectivity index (χ1) is 8.94. The van der Waals surface area contributed by atoms with Gasteiger partial charge >= 0.3 is 0 Å². The molecule has 1 unspecified atom stereocenters. The average Bonchev–Trinajstić information content (AvgIpc) is 2.71. The van der Waals surface area contributed by atoms with Crippen LogP contribution in [0.5, 0.6) is 0 Å². The van der Waals surface area contributed by atoms with Crippen molar-refractivity contribution in [3.8, 4) is 10.6 Å². The Morgan fingerprint density at radius 2 is 2.21 bits per heavy atom. The maximum atomic E-state index is 6.29. The SMILES string of the molecule is CC1(C)Cc2nc(-c3cccc(Cl)c3)sc2C(N)C1. The topological polar surface area (TPSA) is 38.9 Å². The molecular weight excluding hydrogens is 276 g/mol. The lowest BCUT2D eigenvalue weighted by atomic mass is 9.77. The summed E-state index contributed by atoms with van der Waals surface area (Å²) >= 11 is 7.76. The maximum absolute atomic E-state index is 6.29. The van der Waals surface area contributed by atoms with Gasteiger partial charge in [0.2, 0.25) is 0 Å². The van der Waals surface area contributed by atoms with E-state index in [0.29, 0.717) is 0 Å². The Bertz CT molecular complexity index is 618. The maximum Gasteiger partial charge on any atom is 0.123 e. The minimum atomic E-state index is 0.115. The van der Waals surface area contributed by atoms with Crippen LogP contribution >= 0.6 is 22.9 Å². The standard InChI is InChI=1S/C15H17ClN2S/c1-15(2)7-11(17)13-12(8-15)18-14(19-13)9-4-3-5-10(16)6-9/h3-6,11H,7-8,17H2,1-2H3. The molecule has 2 nitrogen and oxygen atoms in total. The molecule has 0 fully saturated rings. The van der Waals surface area contributed by atoms with E-state index in [2.05, 4.69) is 13.8 Å². The van der Waals surface area contributed by atoms with Gasteiger partial charge in [-0.3, -0.25) is 0 Å². The number of fused-ring (bicyclic) bond motifs is 1. The Hall–Kier alpha value is -0.900. The van der Waals surface area contributed by atoms with Gasteiger partial charge in [0.05, 0.1) is 5.69 Å². The number of aromatic nitrogens is 1. The molecule has 3 rings (SSSR count). The summed E-state index contributed by atoms with van der Waals surface area (Å²) in [6.45, 7) is 4.52. The van der Waals surface area contributed by atoms with E-state index in [0.717, 1.165) is 28.4 Å². The Morgan fingerprint density at radius 1 is 1.42 bits per heavy atom. The highest BCUT2D eigenvalue weighted by molar-refractivity contribution is 7.15. The van der Waals surface area contributed by atoms with Crippen LogP contribution < -0.4 is 5.73 Å². The minimum absolute atomic E-state index is 0.115. The molecule has 1 atom stereocenters. The largest absolute Gasteiger partial charge is 0.323 e. The summed E-state index contributed by atoms with van der Waals surface area (Å²) < 4.78 is 0. The van der Waals surface area contributed by atoms with E-state index in [-0.39, 0.29) is 11.5 Å². The number of nitrogens with two attached hydrogens (primary N) is 1. The van der Waals surface area contributed by atoms with Gasteiger partial charge < -0.3 is 5.73 Å². The first kappa shape index (κ1) is 13.1. The van der Waals surface area contributed by atoms with Crippen LogP contribution in [-0.4, -0.2) is 4.98 Å². The van der Waals surface area contributed by atoms with Crippen molar-refractivity contribution in [1.29, 1.82) is 0 Å². The summed E-state index contributed by atoms with van der Waals surface area (Å²) in [7, 11) is 0. The molecule has 19 heavy (non-hydrogen) atoms. The van der Waals surface area contributed by atoms with E-state index in [1.165, 1.54) is 10.6 Å². The summed E-state index contributed by atoms with van der Waals surface area (Å²) in [6, 6.07) is 7.97. The molecule has 1 aliphatic carbocycles. The van der Waals surface area contributed by atoms with Crippen molar-refractivity contribution in [3.63, 3.8) is 0 Å². The van der Waals surface area contributed by atoms with Gasteiger partial charge in [-0.05, 0) is 30.4 Å². The molecule has 2 N–H and O–H groups in total. The Balaban J connectivity index is 2.04. The number of nitrogens with zero attached hydrogens (tertiary/aromatic N) is 1. The zero-order valence-corrected chi connectivity index (χ0v) is 12.7. The van der Waals surface area contributed by atoms with Gasteiger partial charge in [-0.25, -0.2) is 4.98 Å². The number of thiazole rings is 1. The normalized spacial score (nSPS) is 21.2. The van der Waals surface area contributed by atoms with Crippen molar-refractivity contribution in [1.82, 2.24) is 4.98 Å². The number of halogens is 1. The first-order valence-corrected chi connectivity index (χ1v) is 7.65. The molecule has 0 bridgehead atoms. The van der Waals surface area contributed by atoms with Gasteiger partial charge in [0.15, 0.2) is 0 Å². The van der Waals surface area contributed by atoms with Crippen LogP contribution in [0.3, 0.4) is 0 Å². The molecule has 1 aromatic heterocycles. The third-order valence-electron chi connectivity index (χ3n) is 3.55. The fraction of sp³-hybridized carbons (Fsp3) is 0.400. The molecule has 0 radical (unpaired) electrons. The molecule has 0 amide bonds. The zero-order chi connectivity index (χ0) is 13.6. The van der Waals surface area contributed by atoms with E-state index in [1.54, 1.807) is 11.3 Å². The number of hydrogen-bond donors (Lipinski definition) is 1. The molecule has 1 aliphatic rings. The highest BCUT2D eigenvalue weighted by Gasteiger charge is 2.33. The molecule has 1 heterocycles. The second-order valence-corrected chi connectivity index (χ2v) is 7.46. The summed E-state index contributed by atoms with van der Waals surface area (Å²) in [6.07, 6.45) is 2.03. The van der Waals surface area contributed by atoms with Crippen molar-refractivity contribution < 1.29 is 0 Å². The third-order valence-corrected chi connectivity index (χ3v) is 5.07. The van der Waals surface area contributed by atoms with Crippen molar-refractivity contribution >= 4 is 22.9 Å². The summed E-state index contributed by atoms with van der Waals surface area (Å²) in [4.78, 5) is 6.03. The number of benzene rings is 1. The first-order valence-electron chi connectivity index (χ1n) is 6.46. The van der Waals surface area contributed by atoms with Gasteiger partial charge in [0.25, 0.3) is 0 Å². The average molecular weight is 293 g/mol. The molecule has 100 valence electrons. The molecule has 0 spiro atoms. The lowest BCUT2D eigenvalue weighted by molar-refractivity contribution is 0.282. The van der Waals surface area contributed by atoms with Crippen LogP contribution in [0.15, 0.2) is 24.3 Å². The van der Waals surface area contributed by atoms with Crippen LogP contribution in [0.2, 0.25) is 5.02 Å². The smallest absolute Gasteiger partial charge is 0.123 e. The van der Waals surface area contributed by atoms with Crippen LogP contribution in [-0.2, 0) is 6.42 Å². The predicted octanol–water partition coefficient (Wildman–Crippen LogP) is 4.44. The number of rotatable bonds is 1. The van der Waals surface area contributed by atoms with Crippen LogP contribution in [0.1, 0.15) is 36.9 Å². The second kappa shape index (κ2) is 4.58. The molecule has 2 aromatic rings. The van der Waals surface area contributed by atoms with Gasteiger partial charge in [-0.1, -0.05) is 37.6 Å². The fourth-order valence-electron chi connectivity index (χ4n) is 2.74. The van der Waals surface area contributed by atoms with Gasteiger partial charge in [-0.15, -0.1) is 11.3 Å². The molecule has 1 aromatic carbocycles. The van der Waals surface area contributed by atoms with Crippen LogP contribution in [0.25, 0.3) is 10.6 Å². The molecule has 0 saturated heterocycles. The van der Waals surface area contributed by atoms with Gasteiger partial charge in [-0.2, -0.15) is 0 Å². The Labute approximate surface area is 122 Å². The highest BCUT2D eigenvalue weighted by atomic mass is 35.5. The van der Waals surface area contributed by atoms with Crippen LogP contribution in [0, 0.1) is 5.41 Å². The van der Waals surface area contributed by atoms with Crippen molar-refractivity contribution in [2.75, 3.05) is 0 Å². The molecular formula is C15H17ClN2S. The third kappa shape index (κ3) is 2.55. The van der Waals surface area contributed by atoms with Crippen molar-refractivity contribution in [3.05, 3.63) is 39.9 Å². The van der Waals surface area contributed by atoms with E-state index < -0.39 is 0 Å². The molecule has 4 heteroatoms. The Morgan fingerprint density at radius 3 is 2.95 bits per heavy atom. The quantitative estimate of drug-likeness (QED) is 0.844. The second-order valence-electron chi connectivity index (χ2n) is 5.99. The summed E-state index contributed by atoms with van der Waals surface area (Å²) in [5.41, 5.74) is 8.78. The number of hydrogen-bond acceptors (Lipinski definition) is 3. The van der Waals surface area contributed by atoms with Crippen LogP contribution in [0.4, 0.5) is 0 Å². The van der Waals surface area contributed by atoms with Crippen molar-refractivity contribution in [2.45, 2.75) is 32.7 Å². The van der Waals surface area contributed by atoms with Gasteiger partial charge in [0, 0.05) is 21.5 Å². The lowest BCUT2D eigenvalue weighted by Crippen LogP contribution is -2.28. The molecule has 0 saturated carbocycles. The highest BCUT2D eigenvalue weighted by Crippen LogP contribution is 2.43. The van der Waals surface area contributed by atoms with E-state index >= 15 is 0 Å². The summed E-state index contributed by atoms with van der Waals surface area (Å²) in [5, 5.41) is 1.77. The summed E-state index contributed by atoms with van der Waals surface area (Å²) in [5.74, 6) is 0. The lowest BCUT2D eigenvalue weighted by Gasteiger charge is -2.32. The zero-order valence-electron chi connectivity index (χ0n) is 11.1. The predicted molar refractivity (Wildman–Crippen MR) is 81.6 cm³/mol. The monoisotopic (exact) mass is 292 g/mol.